The van der Waals surface area contributed by atoms with Crippen molar-refractivity contribution in [1.82, 2.24) is 9.78 Å². The van der Waals surface area contributed by atoms with Gasteiger partial charge < -0.3 is 10.6 Å². The number of hydrogen-bond donors (Lipinski definition) is 1. The summed E-state index contributed by atoms with van der Waals surface area (Å²) >= 11 is 0. The molecule has 2 aromatic rings. The lowest BCUT2D eigenvalue weighted by molar-refractivity contribution is -0.117. The van der Waals surface area contributed by atoms with E-state index in [2.05, 4.69) is 5.10 Å². The van der Waals surface area contributed by atoms with E-state index in [4.69, 9.17) is 5.73 Å². The first-order valence-corrected chi connectivity index (χ1v) is 5.80. The quantitative estimate of drug-likeness (QED) is 0.802. The molecule has 0 fully saturated rings. The van der Waals surface area contributed by atoms with Crippen LogP contribution in [0.3, 0.4) is 0 Å². The van der Waals surface area contributed by atoms with E-state index >= 15 is 0 Å². The molecule has 0 saturated carbocycles. The van der Waals surface area contributed by atoms with Gasteiger partial charge in [0.25, 0.3) is 0 Å². The number of aromatic nitrogens is 2. The highest BCUT2D eigenvalue weighted by Crippen LogP contribution is 2.31. The van der Waals surface area contributed by atoms with Gasteiger partial charge in [0.2, 0.25) is 5.91 Å². The highest BCUT2D eigenvalue weighted by molar-refractivity contribution is 6.01. The maximum atomic E-state index is 12.0. The van der Waals surface area contributed by atoms with E-state index in [1.165, 1.54) is 0 Å². The monoisotopic (exact) mass is 242 g/mol. The van der Waals surface area contributed by atoms with Gasteiger partial charge in [-0.15, -0.1) is 0 Å². The van der Waals surface area contributed by atoms with E-state index in [1.54, 1.807) is 15.8 Å². The van der Waals surface area contributed by atoms with Crippen LogP contribution in [0.25, 0.3) is 0 Å². The third-order valence-corrected chi connectivity index (χ3v) is 3.14. The minimum absolute atomic E-state index is 0.111. The van der Waals surface area contributed by atoms with Gasteiger partial charge in [0.05, 0.1) is 19.2 Å². The van der Waals surface area contributed by atoms with Crippen LogP contribution < -0.4 is 10.6 Å². The molecule has 92 valence electrons. The standard InChI is InChI=1S/C13H14N4O/c1-16-7-9(6-15-16)8-17-12-3-2-11(14)4-10(12)5-13(17)18/h2-4,6-7H,5,8,14H2,1H3. The average Bonchev–Trinajstić information content (AvgIpc) is 2.84. The molecule has 0 unspecified atom stereocenters. The summed E-state index contributed by atoms with van der Waals surface area (Å²) in [5.74, 6) is 0.111. The lowest BCUT2D eigenvalue weighted by atomic mass is 10.1. The number of benzene rings is 1. The zero-order chi connectivity index (χ0) is 12.7. The molecular formula is C13H14N4O. The maximum absolute atomic E-state index is 12.0. The van der Waals surface area contributed by atoms with Crippen LogP contribution in [-0.2, 0) is 24.8 Å². The highest BCUT2D eigenvalue weighted by Gasteiger charge is 2.27. The molecule has 1 aromatic heterocycles. The van der Waals surface area contributed by atoms with Crippen LogP contribution in [0.2, 0.25) is 0 Å². The van der Waals surface area contributed by atoms with Gasteiger partial charge in [0.15, 0.2) is 0 Å². The molecule has 0 spiro atoms. The number of aryl methyl sites for hydroxylation is 1. The summed E-state index contributed by atoms with van der Waals surface area (Å²) in [5, 5.41) is 4.11. The first-order chi connectivity index (χ1) is 8.63. The van der Waals surface area contributed by atoms with Crippen LogP contribution in [0, 0.1) is 0 Å². The topological polar surface area (TPSA) is 64.2 Å². The average molecular weight is 242 g/mol. The number of nitrogens with two attached hydrogens (primary N) is 1. The van der Waals surface area contributed by atoms with Gasteiger partial charge in [-0.1, -0.05) is 0 Å². The van der Waals surface area contributed by atoms with Crippen LogP contribution in [0.15, 0.2) is 30.6 Å². The van der Waals surface area contributed by atoms with E-state index in [0.717, 1.165) is 16.8 Å². The lowest BCUT2D eigenvalue weighted by Gasteiger charge is -2.16. The van der Waals surface area contributed by atoms with Gasteiger partial charge in [-0.2, -0.15) is 5.10 Å². The SMILES string of the molecule is Cn1cc(CN2C(=O)Cc3cc(N)ccc32)cn1. The largest absolute Gasteiger partial charge is 0.399 e. The molecule has 0 atom stereocenters. The molecule has 5 heteroatoms. The Labute approximate surface area is 105 Å². The third kappa shape index (κ3) is 1.73. The molecule has 0 bridgehead atoms. The highest BCUT2D eigenvalue weighted by atomic mass is 16.2. The van der Waals surface area contributed by atoms with Gasteiger partial charge in [-0.3, -0.25) is 9.48 Å². The van der Waals surface area contributed by atoms with Crippen LogP contribution >= 0.6 is 0 Å². The summed E-state index contributed by atoms with van der Waals surface area (Å²) in [6.45, 7) is 0.559. The van der Waals surface area contributed by atoms with E-state index in [-0.39, 0.29) is 5.91 Å². The molecule has 0 aliphatic carbocycles. The van der Waals surface area contributed by atoms with Gasteiger partial charge in [0.1, 0.15) is 0 Å². The normalized spacial score (nSPS) is 14.1. The second-order valence-corrected chi connectivity index (χ2v) is 4.57. The fourth-order valence-electron chi connectivity index (χ4n) is 2.31. The van der Waals surface area contributed by atoms with Gasteiger partial charge in [-0.25, -0.2) is 0 Å². The van der Waals surface area contributed by atoms with Crippen molar-refractivity contribution in [3.8, 4) is 0 Å². The van der Waals surface area contributed by atoms with E-state index < -0.39 is 0 Å². The number of amides is 1. The molecule has 0 radical (unpaired) electrons. The summed E-state index contributed by atoms with van der Waals surface area (Å²) in [6, 6.07) is 5.61. The molecule has 1 amide bonds. The first-order valence-electron chi connectivity index (χ1n) is 5.80. The second-order valence-electron chi connectivity index (χ2n) is 4.57. The molecule has 18 heavy (non-hydrogen) atoms. The number of hydrogen-bond acceptors (Lipinski definition) is 3. The maximum Gasteiger partial charge on any atom is 0.231 e. The van der Waals surface area contributed by atoms with Crippen molar-refractivity contribution in [2.45, 2.75) is 13.0 Å². The van der Waals surface area contributed by atoms with Crippen molar-refractivity contribution in [2.75, 3.05) is 10.6 Å². The zero-order valence-electron chi connectivity index (χ0n) is 10.1. The second kappa shape index (κ2) is 3.87. The molecule has 2 heterocycles. The number of nitrogen functional groups attached to an aromatic ring is 1. The molecule has 0 saturated heterocycles. The number of nitrogens with zero attached hydrogens (tertiary/aromatic N) is 3. The summed E-state index contributed by atoms with van der Waals surface area (Å²) in [4.78, 5) is 13.8. The number of anilines is 2. The number of carbonyl (C=O) groups is 1. The van der Waals surface area contributed by atoms with Crippen molar-refractivity contribution in [3.63, 3.8) is 0 Å². The third-order valence-electron chi connectivity index (χ3n) is 3.14. The number of rotatable bonds is 2. The smallest absolute Gasteiger partial charge is 0.231 e. The van der Waals surface area contributed by atoms with Crippen molar-refractivity contribution < 1.29 is 4.79 Å². The molecule has 1 aliphatic heterocycles. The fraction of sp³-hybridized carbons (Fsp3) is 0.231. The molecule has 3 rings (SSSR count). The molecule has 1 aliphatic rings. The Balaban J connectivity index is 1.92. The van der Waals surface area contributed by atoms with Crippen molar-refractivity contribution in [1.29, 1.82) is 0 Å². The van der Waals surface area contributed by atoms with Crippen LogP contribution in [0.4, 0.5) is 11.4 Å². The molecule has 1 aromatic carbocycles. The number of carbonyl (C=O) groups excluding carboxylic acids is 1. The fourth-order valence-corrected chi connectivity index (χ4v) is 2.31. The Morgan fingerprint density at radius 1 is 1.44 bits per heavy atom. The summed E-state index contributed by atoms with van der Waals surface area (Å²) in [6.07, 6.45) is 4.13. The van der Waals surface area contributed by atoms with Crippen molar-refractivity contribution >= 4 is 17.3 Å². The number of fused-ring (bicyclic) bond motifs is 1. The first kappa shape index (κ1) is 10.8. The zero-order valence-corrected chi connectivity index (χ0v) is 10.1. The van der Waals surface area contributed by atoms with Crippen molar-refractivity contribution in [2.24, 2.45) is 7.05 Å². The summed E-state index contributed by atoms with van der Waals surface area (Å²) in [7, 11) is 1.87. The minimum atomic E-state index is 0.111. The van der Waals surface area contributed by atoms with Gasteiger partial charge in [-0.05, 0) is 23.8 Å². The van der Waals surface area contributed by atoms with E-state index in [1.807, 2.05) is 31.4 Å². The summed E-state index contributed by atoms with van der Waals surface area (Å²) < 4.78 is 1.74. The predicted molar refractivity (Wildman–Crippen MR) is 69.0 cm³/mol. The molecule has 2 N–H and O–H groups in total. The Bertz CT molecular complexity index is 617. The van der Waals surface area contributed by atoms with Crippen LogP contribution in [0.1, 0.15) is 11.1 Å². The molecule has 5 nitrogen and oxygen atoms in total. The Kier molecular flexibility index (Phi) is 2.33. The Hall–Kier alpha value is -2.30. The van der Waals surface area contributed by atoms with E-state index in [9.17, 15) is 4.79 Å². The predicted octanol–water partition coefficient (Wildman–Crippen LogP) is 1.09. The minimum Gasteiger partial charge on any atom is -0.399 e. The van der Waals surface area contributed by atoms with Crippen molar-refractivity contribution in [3.05, 3.63) is 41.7 Å². The van der Waals surface area contributed by atoms with Gasteiger partial charge in [0, 0.05) is 30.2 Å². The molecular weight excluding hydrogens is 228 g/mol. The Morgan fingerprint density at radius 2 is 2.28 bits per heavy atom. The van der Waals surface area contributed by atoms with Crippen LogP contribution in [0.5, 0.6) is 0 Å². The van der Waals surface area contributed by atoms with E-state index in [0.29, 0.717) is 18.7 Å². The Morgan fingerprint density at radius 3 is 3.00 bits per heavy atom. The summed E-state index contributed by atoms with van der Waals surface area (Å²) in [5.41, 5.74) is 9.42. The van der Waals surface area contributed by atoms with Crippen LogP contribution in [-0.4, -0.2) is 15.7 Å². The lowest BCUT2D eigenvalue weighted by Crippen LogP contribution is -2.25. The van der Waals surface area contributed by atoms with Gasteiger partial charge >= 0.3 is 0 Å².